The molecule has 1 aliphatic rings. The first-order chi connectivity index (χ1) is 19.3. The van der Waals surface area contributed by atoms with Crippen molar-refractivity contribution in [3.05, 3.63) is 148 Å². The maximum Gasteiger partial charge on any atom is 0.310 e. The highest BCUT2D eigenvalue weighted by atomic mass is 16.4. The number of rotatable bonds is 7. The summed E-state index contributed by atoms with van der Waals surface area (Å²) in [6.45, 7) is 2.70. The van der Waals surface area contributed by atoms with E-state index < -0.39 is 11.9 Å². The number of aryl methyl sites for hydroxylation is 2. The largest absolute Gasteiger partial charge is 0.481 e. The maximum atomic E-state index is 12.2. The number of carbonyl (C=O) groups is 2. The second-order valence-electron chi connectivity index (χ2n) is 10.4. The van der Waals surface area contributed by atoms with Crippen LogP contribution in [-0.4, -0.2) is 42.4 Å². The van der Waals surface area contributed by atoms with Crippen molar-refractivity contribution in [1.82, 2.24) is 4.90 Å². The van der Waals surface area contributed by atoms with E-state index in [1.807, 2.05) is 6.07 Å². The van der Waals surface area contributed by atoms with E-state index in [4.69, 9.17) is 5.11 Å². The second kappa shape index (κ2) is 13.7. The number of aliphatic carboxylic acids is 1. The van der Waals surface area contributed by atoms with E-state index in [0.29, 0.717) is 16.7 Å². The monoisotopic (exact) mass is 531 g/mol. The van der Waals surface area contributed by atoms with Gasteiger partial charge in [-0.05, 0) is 79.7 Å². The number of benzene rings is 4. The molecule has 1 unspecified atom stereocenters. The van der Waals surface area contributed by atoms with Crippen LogP contribution < -0.4 is 0 Å². The Morgan fingerprint density at radius 2 is 1.32 bits per heavy atom. The van der Waals surface area contributed by atoms with Crippen molar-refractivity contribution < 1.29 is 14.7 Å². The lowest BCUT2D eigenvalue weighted by atomic mass is 9.93. The van der Waals surface area contributed by atoms with Gasteiger partial charge in [-0.3, -0.25) is 9.59 Å². The number of carboxylic acid groups (broad SMARTS) is 1. The highest BCUT2D eigenvalue weighted by Gasteiger charge is 2.17. The summed E-state index contributed by atoms with van der Waals surface area (Å²) in [7, 11) is 4.26. The predicted octanol–water partition coefficient (Wildman–Crippen LogP) is 7.27. The zero-order valence-corrected chi connectivity index (χ0v) is 23.5. The third-order valence-corrected chi connectivity index (χ3v) is 7.26. The van der Waals surface area contributed by atoms with Crippen LogP contribution in [-0.2, 0) is 17.6 Å². The van der Waals surface area contributed by atoms with Crippen LogP contribution in [0, 0.1) is 0 Å². The standard InChI is InChI=1S/C20H23N.C16H14O3/c1-21(2)15-7-12-20-18-10-5-3-8-16(18)13-14-17-9-4-6-11-19(17)20;1-11(16(18)19)13-8-5-9-14(10-13)15(17)12-6-3-2-4-7-12/h3-6,8-12H,7,13-15H2,1-2H3;2-11H,1H3,(H,18,19). The number of hydrogen-bond donors (Lipinski definition) is 1. The lowest BCUT2D eigenvalue weighted by Gasteiger charge is -2.13. The van der Waals surface area contributed by atoms with Crippen LogP contribution in [0.1, 0.15) is 63.0 Å². The molecule has 4 aromatic rings. The van der Waals surface area contributed by atoms with Crippen LogP contribution in [0.4, 0.5) is 0 Å². The van der Waals surface area contributed by atoms with Crippen molar-refractivity contribution >= 4 is 17.3 Å². The fourth-order valence-corrected chi connectivity index (χ4v) is 4.95. The molecule has 0 radical (unpaired) electrons. The molecule has 1 atom stereocenters. The molecular formula is C36H37NO3. The summed E-state index contributed by atoms with van der Waals surface area (Å²) in [6, 6.07) is 33.5. The number of hydrogen-bond acceptors (Lipinski definition) is 3. The Hall–Kier alpha value is -4.28. The first-order valence-electron chi connectivity index (χ1n) is 13.8. The van der Waals surface area contributed by atoms with Gasteiger partial charge in [-0.2, -0.15) is 0 Å². The summed E-state index contributed by atoms with van der Waals surface area (Å²) in [5.74, 6) is -1.62. The normalized spacial score (nSPS) is 12.8. The van der Waals surface area contributed by atoms with Gasteiger partial charge in [0.25, 0.3) is 0 Å². The van der Waals surface area contributed by atoms with E-state index in [2.05, 4.69) is 73.6 Å². The van der Waals surface area contributed by atoms with Crippen molar-refractivity contribution in [1.29, 1.82) is 0 Å². The van der Waals surface area contributed by atoms with Crippen molar-refractivity contribution in [3.63, 3.8) is 0 Å². The van der Waals surface area contributed by atoms with Gasteiger partial charge >= 0.3 is 5.97 Å². The Labute approximate surface area is 237 Å². The molecule has 1 N–H and O–H groups in total. The molecule has 5 rings (SSSR count). The first-order valence-corrected chi connectivity index (χ1v) is 13.8. The van der Waals surface area contributed by atoms with Gasteiger partial charge < -0.3 is 10.0 Å². The summed E-state index contributed by atoms with van der Waals surface area (Å²) in [5, 5.41) is 9.00. The van der Waals surface area contributed by atoms with Crippen molar-refractivity contribution in [3.8, 4) is 0 Å². The Morgan fingerprint density at radius 1 is 0.775 bits per heavy atom. The molecule has 40 heavy (non-hydrogen) atoms. The fraction of sp³-hybridized carbons (Fsp3) is 0.222. The molecule has 204 valence electrons. The van der Waals surface area contributed by atoms with Gasteiger partial charge in [-0.25, -0.2) is 0 Å². The van der Waals surface area contributed by atoms with Gasteiger partial charge in [0.15, 0.2) is 5.78 Å². The fourth-order valence-electron chi connectivity index (χ4n) is 4.95. The quantitative estimate of drug-likeness (QED) is 0.255. The SMILES string of the molecule is CC(C(=O)O)c1cccc(C(=O)c2ccccc2)c1.CN(C)CCC=C1c2ccccc2CCc2ccccc21. The van der Waals surface area contributed by atoms with E-state index in [1.54, 1.807) is 55.5 Å². The number of fused-ring (bicyclic) bond motifs is 2. The number of carboxylic acids is 1. The van der Waals surface area contributed by atoms with Crippen molar-refractivity contribution in [2.75, 3.05) is 20.6 Å². The van der Waals surface area contributed by atoms with Crippen LogP contribution in [0.15, 0.2) is 109 Å². The van der Waals surface area contributed by atoms with Crippen LogP contribution >= 0.6 is 0 Å². The smallest absolute Gasteiger partial charge is 0.310 e. The predicted molar refractivity (Wildman–Crippen MR) is 163 cm³/mol. The highest BCUT2D eigenvalue weighted by Crippen LogP contribution is 2.33. The lowest BCUT2D eigenvalue weighted by Crippen LogP contribution is -2.12. The molecule has 0 aliphatic heterocycles. The van der Waals surface area contributed by atoms with E-state index in [-0.39, 0.29) is 5.78 Å². The minimum Gasteiger partial charge on any atom is -0.481 e. The van der Waals surface area contributed by atoms with Crippen LogP contribution in [0.2, 0.25) is 0 Å². The molecule has 0 amide bonds. The Morgan fingerprint density at radius 3 is 1.90 bits per heavy atom. The summed E-state index contributed by atoms with van der Waals surface area (Å²) in [5.41, 5.74) is 8.95. The molecule has 0 aromatic heterocycles. The van der Waals surface area contributed by atoms with E-state index in [9.17, 15) is 9.59 Å². The maximum absolute atomic E-state index is 12.2. The van der Waals surface area contributed by atoms with Gasteiger partial charge in [-0.1, -0.05) is 103 Å². The molecule has 4 nitrogen and oxygen atoms in total. The van der Waals surface area contributed by atoms with E-state index in [1.165, 1.54) is 27.8 Å². The molecule has 0 spiro atoms. The van der Waals surface area contributed by atoms with Crippen LogP contribution in [0.5, 0.6) is 0 Å². The molecule has 0 fully saturated rings. The van der Waals surface area contributed by atoms with Crippen LogP contribution in [0.25, 0.3) is 5.57 Å². The number of nitrogens with zero attached hydrogens (tertiary/aromatic N) is 1. The third-order valence-electron chi connectivity index (χ3n) is 7.26. The Bertz CT molecular complexity index is 1440. The minimum atomic E-state index is -0.899. The molecule has 0 heterocycles. The van der Waals surface area contributed by atoms with Crippen molar-refractivity contribution in [2.24, 2.45) is 0 Å². The first kappa shape index (κ1) is 28.7. The summed E-state index contributed by atoms with van der Waals surface area (Å²) >= 11 is 0. The number of carbonyl (C=O) groups excluding carboxylic acids is 1. The third kappa shape index (κ3) is 7.22. The van der Waals surface area contributed by atoms with Gasteiger partial charge in [0.2, 0.25) is 0 Å². The summed E-state index contributed by atoms with van der Waals surface area (Å²) in [4.78, 5) is 25.5. The Balaban J connectivity index is 0.000000186. The highest BCUT2D eigenvalue weighted by molar-refractivity contribution is 6.09. The number of ketones is 1. The second-order valence-corrected chi connectivity index (χ2v) is 10.4. The van der Waals surface area contributed by atoms with Gasteiger partial charge in [0.1, 0.15) is 0 Å². The van der Waals surface area contributed by atoms with E-state index >= 15 is 0 Å². The summed E-state index contributed by atoms with van der Waals surface area (Å²) < 4.78 is 0. The molecule has 4 aromatic carbocycles. The van der Waals surface area contributed by atoms with E-state index in [0.717, 1.165) is 25.8 Å². The van der Waals surface area contributed by atoms with Gasteiger partial charge in [-0.15, -0.1) is 0 Å². The lowest BCUT2D eigenvalue weighted by molar-refractivity contribution is -0.138. The minimum absolute atomic E-state index is 0.0972. The van der Waals surface area contributed by atoms with Gasteiger partial charge in [0, 0.05) is 17.7 Å². The topological polar surface area (TPSA) is 57.6 Å². The Kier molecular flexibility index (Phi) is 9.82. The molecular weight excluding hydrogens is 494 g/mol. The molecule has 0 saturated carbocycles. The molecule has 1 aliphatic carbocycles. The average Bonchev–Trinajstić information content (AvgIpc) is 3.14. The zero-order chi connectivity index (χ0) is 28.5. The molecule has 0 bridgehead atoms. The van der Waals surface area contributed by atoms with Crippen molar-refractivity contribution in [2.45, 2.75) is 32.1 Å². The van der Waals surface area contributed by atoms with Gasteiger partial charge in [0.05, 0.1) is 5.92 Å². The zero-order valence-electron chi connectivity index (χ0n) is 23.5. The van der Waals surface area contributed by atoms with Crippen LogP contribution in [0.3, 0.4) is 0 Å². The summed E-state index contributed by atoms with van der Waals surface area (Å²) in [6.07, 6.45) is 5.78. The molecule has 0 saturated heterocycles. The molecule has 4 heteroatoms. The average molecular weight is 532 g/mol.